The minimum atomic E-state index is -0.747. The number of para-hydroxylation sites is 2. The number of carboxylic acids is 1. The van der Waals surface area contributed by atoms with Crippen LogP contribution in [-0.2, 0) is 4.79 Å². The Bertz CT molecular complexity index is 471. The monoisotopic (exact) mass is 277 g/mol. The van der Waals surface area contributed by atoms with Crippen molar-refractivity contribution >= 4 is 5.97 Å². The molecule has 0 amide bonds. The fraction of sp³-hybridized carbons (Fsp3) is 0.533. The highest BCUT2D eigenvalue weighted by atomic mass is 17.0. The number of hydrogen-bond acceptors (Lipinski definition) is 4. The van der Waals surface area contributed by atoms with Crippen molar-refractivity contribution in [3.63, 3.8) is 0 Å². The van der Waals surface area contributed by atoms with E-state index in [4.69, 9.17) is 9.68 Å². The molecule has 1 aromatic carbocycles. The first-order chi connectivity index (χ1) is 9.67. The van der Waals surface area contributed by atoms with Gasteiger partial charge in [-0.3, -0.25) is 4.79 Å². The highest BCUT2D eigenvalue weighted by molar-refractivity contribution is 5.67. The standard InChI is InChI=1S/C15H19NO4/c17-14(18)10-15(8-4-1-5-9-15)11-16-19-12-6-2-3-7-13(12)20-16/h2-3,6-7H,1,4-5,8-11H2,(H,17,18). The van der Waals surface area contributed by atoms with Crippen molar-refractivity contribution in [1.29, 1.82) is 0 Å². The molecule has 5 heteroatoms. The normalized spacial score (nSPS) is 20.8. The van der Waals surface area contributed by atoms with Gasteiger partial charge in [0.05, 0.1) is 13.0 Å². The maximum atomic E-state index is 11.2. The number of carbonyl (C=O) groups is 1. The lowest BCUT2D eigenvalue weighted by Crippen LogP contribution is -2.41. The van der Waals surface area contributed by atoms with Crippen molar-refractivity contribution < 1.29 is 19.6 Å². The molecule has 0 radical (unpaired) electrons. The molecule has 1 heterocycles. The Labute approximate surface area is 118 Å². The van der Waals surface area contributed by atoms with Gasteiger partial charge >= 0.3 is 5.97 Å². The summed E-state index contributed by atoms with van der Waals surface area (Å²) in [4.78, 5) is 22.4. The zero-order chi connectivity index (χ0) is 14.0. The molecule has 0 bridgehead atoms. The van der Waals surface area contributed by atoms with Crippen LogP contribution < -0.4 is 9.68 Å². The molecule has 1 fully saturated rings. The molecule has 1 saturated carbocycles. The minimum Gasteiger partial charge on any atom is -0.481 e. The van der Waals surface area contributed by atoms with E-state index in [0.717, 1.165) is 25.7 Å². The van der Waals surface area contributed by atoms with E-state index >= 15 is 0 Å². The predicted octanol–water partition coefficient (Wildman–Crippen LogP) is 3.02. The van der Waals surface area contributed by atoms with Gasteiger partial charge in [0.25, 0.3) is 0 Å². The Morgan fingerprint density at radius 3 is 2.30 bits per heavy atom. The van der Waals surface area contributed by atoms with Gasteiger partial charge in [-0.15, -0.1) is 0 Å². The summed E-state index contributed by atoms with van der Waals surface area (Å²) in [5, 5.41) is 10.6. The Kier molecular flexibility index (Phi) is 3.53. The molecule has 0 saturated heterocycles. The van der Waals surface area contributed by atoms with Crippen LogP contribution in [0.2, 0.25) is 0 Å². The molecule has 0 atom stereocenters. The molecule has 0 spiro atoms. The summed E-state index contributed by atoms with van der Waals surface area (Å²) >= 11 is 0. The summed E-state index contributed by atoms with van der Waals surface area (Å²) in [7, 11) is 0. The quantitative estimate of drug-likeness (QED) is 0.916. The van der Waals surface area contributed by atoms with Gasteiger partial charge in [-0.1, -0.05) is 31.4 Å². The lowest BCUT2D eigenvalue weighted by molar-refractivity contribution is -0.245. The van der Waals surface area contributed by atoms with Crippen LogP contribution in [0.15, 0.2) is 24.3 Å². The first-order valence-electron chi connectivity index (χ1n) is 7.11. The molecule has 0 aromatic heterocycles. The number of fused-ring (bicyclic) bond motifs is 1. The minimum absolute atomic E-state index is 0.173. The van der Waals surface area contributed by atoms with Gasteiger partial charge in [-0.25, -0.2) is 0 Å². The van der Waals surface area contributed by atoms with E-state index in [0.29, 0.717) is 18.0 Å². The highest BCUT2D eigenvalue weighted by Gasteiger charge is 2.39. The van der Waals surface area contributed by atoms with Gasteiger partial charge in [-0.2, -0.15) is 0 Å². The largest absolute Gasteiger partial charge is 0.481 e. The van der Waals surface area contributed by atoms with E-state index in [1.807, 2.05) is 24.3 Å². The van der Waals surface area contributed by atoms with E-state index < -0.39 is 5.97 Å². The van der Waals surface area contributed by atoms with Crippen molar-refractivity contribution in [3.05, 3.63) is 24.3 Å². The first kappa shape index (κ1) is 13.2. The van der Waals surface area contributed by atoms with E-state index in [-0.39, 0.29) is 11.8 Å². The number of rotatable bonds is 4. The fourth-order valence-electron chi connectivity index (χ4n) is 3.19. The van der Waals surface area contributed by atoms with Crippen molar-refractivity contribution in [2.24, 2.45) is 5.41 Å². The van der Waals surface area contributed by atoms with Crippen LogP contribution >= 0.6 is 0 Å². The van der Waals surface area contributed by atoms with Gasteiger partial charge in [0, 0.05) is 10.6 Å². The number of carboxylic acid groups (broad SMARTS) is 1. The molecule has 1 aromatic rings. The van der Waals surface area contributed by atoms with Crippen LogP contribution in [0.1, 0.15) is 38.5 Å². The summed E-state index contributed by atoms with van der Waals surface area (Å²) in [5.41, 5.74) is -0.244. The Hall–Kier alpha value is -1.75. The second kappa shape index (κ2) is 5.32. The fourth-order valence-corrected chi connectivity index (χ4v) is 3.19. The molecule has 0 unspecified atom stereocenters. The molecule has 2 aliphatic rings. The lowest BCUT2D eigenvalue weighted by atomic mass is 9.72. The van der Waals surface area contributed by atoms with Gasteiger partial charge < -0.3 is 14.8 Å². The smallest absolute Gasteiger partial charge is 0.303 e. The summed E-state index contributed by atoms with van der Waals surface area (Å²) in [6.45, 7) is 0.494. The molecule has 1 aliphatic carbocycles. The predicted molar refractivity (Wildman–Crippen MR) is 72.2 cm³/mol. The summed E-state index contributed by atoms with van der Waals surface area (Å²) < 4.78 is 0. The van der Waals surface area contributed by atoms with Crippen molar-refractivity contribution in [2.45, 2.75) is 38.5 Å². The molecular formula is C15H19NO4. The van der Waals surface area contributed by atoms with Crippen LogP contribution in [0.5, 0.6) is 11.5 Å². The average molecular weight is 277 g/mol. The van der Waals surface area contributed by atoms with E-state index in [1.54, 1.807) is 0 Å². The van der Waals surface area contributed by atoms with Crippen LogP contribution in [0.3, 0.4) is 0 Å². The number of benzene rings is 1. The Balaban J connectivity index is 1.70. The van der Waals surface area contributed by atoms with Crippen LogP contribution in [0.25, 0.3) is 0 Å². The van der Waals surface area contributed by atoms with Crippen LogP contribution in [-0.4, -0.2) is 22.8 Å². The number of nitrogens with zero attached hydrogens (tertiary/aromatic N) is 1. The average Bonchev–Trinajstić information content (AvgIpc) is 2.80. The first-order valence-corrected chi connectivity index (χ1v) is 7.11. The molecule has 20 heavy (non-hydrogen) atoms. The van der Waals surface area contributed by atoms with Gasteiger partial charge in [0.15, 0.2) is 11.5 Å². The number of aliphatic carboxylic acids is 1. The molecular weight excluding hydrogens is 258 g/mol. The van der Waals surface area contributed by atoms with Crippen molar-refractivity contribution in [1.82, 2.24) is 5.23 Å². The van der Waals surface area contributed by atoms with Crippen LogP contribution in [0.4, 0.5) is 0 Å². The van der Waals surface area contributed by atoms with E-state index in [2.05, 4.69) is 0 Å². The lowest BCUT2D eigenvalue weighted by Gasteiger charge is -2.37. The Morgan fingerprint density at radius 1 is 1.15 bits per heavy atom. The molecule has 5 nitrogen and oxygen atoms in total. The Morgan fingerprint density at radius 2 is 1.75 bits per heavy atom. The third kappa shape index (κ3) is 2.72. The topological polar surface area (TPSA) is 59.0 Å². The highest BCUT2D eigenvalue weighted by Crippen LogP contribution is 2.42. The number of hydroxylamine groups is 2. The molecule has 3 rings (SSSR count). The van der Waals surface area contributed by atoms with Gasteiger partial charge in [-0.05, 0) is 25.0 Å². The zero-order valence-electron chi connectivity index (χ0n) is 11.4. The summed E-state index contributed by atoms with van der Waals surface area (Å²) in [6.07, 6.45) is 5.34. The third-order valence-corrected chi connectivity index (χ3v) is 4.15. The summed E-state index contributed by atoms with van der Waals surface area (Å²) in [6, 6.07) is 7.47. The second-order valence-corrected chi connectivity index (χ2v) is 5.75. The molecule has 1 aliphatic heterocycles. The summed E-state index contributed by atoms with van der Waals surface area (Å²) in [5.74, 6) is 0.631. The maximum Gasteiger partial charge on any atom is 0.303 e. The SMILES string of the molecule is O=C(O)CC1(CN2Oc3ccccc3O2)CCCCC1. The maximum absolute atomic E-state index is 11.2. The van der Waals surface area contributed by atoms with Crippen molar-refractivity contribution in [2.75, 3.05) is 6.54 Å². The van der Waals surface area contributed by atoms with Gasteiger partial charge in [0.1, 0.15) is 0 Å². The molecule has 108 valence electrons. The second-order valence-electron chi connectivity index (χ2n) is 5.75. The zero-order valence-corrected chi connectivity index (χ0v) is 11.4. The van der Waals surface area contributed by atoms with E-state index in [1.165, 1.54) is 11.6 Å². The third-order valence-electron chi connectivity index (χ3n) is 4.15. The van der Waals surface area contributed by atoms with Gasteiger partial charge in [0.2, 0.25) is 0 Å². The van der Waals surface area contributed by atoms with E-state index in [9.17, 15) is 9.90 Å². The van der Waals surface area contributed by atoms with Crippen LogP contribution in [0, 0.1) is 5.41 Å². The van der Waals surface area contributed by atoms with Crippen molar-refractivity contribution in [3.8, 4) is 11.5 Å². The number of hydrogen-bond donors (Lipinski definition) is 1. The molecule has 1 N–H and O–H groups in total.